The van der Waals surface area contributed by atoms with E-state index in [2.05, 4.69) is 224 Å². The molecule has 0 saturated carbocycles. The normalized spacial score (nSPS) is 11.7. The van der Waals surface area contributed by atoms with Gasteiger partial charge in [0.25, 0.3) is 0 Å². The third-order valence-corrected chi connectivity index (χ3v) is 13.4. The molecule has 0 aliphatic heterocycles. The molecule has 0 aliphatic rings. The van der Waals surface area contributed by atoms with Crippen molar-refractivity contribution in [3.05, 3.63) is 239 Å². The molecule has 1 aromatic heterocycles. The number of pyridine rings is 1. The van der Waals surface area contributed by atoms with Crippen molar-refractivity contribution in [2.75, 3.05) is 43.6 Å². The number of rotatable bonds is 19. The predicted molar refractivity (Wildman–Crippen MR) is 245 cm³/mol. The van der Waals surface area contributed by atoms with Crippen LogP contribution in [0.1, 0.15) is 44.8 Å². The SMILES string of the molecule is CN(C)c1cc(CNCCSC(c2ccccc2)(c2ccccc2)c2ccccc2)nc(CNCCSC(c2ccccc2)(c2ccccc2)c2ccccc2)c1. The van der Waals surface area contributed by atoms with Crippen LogP contribution in [0.2, 0.25) is 0 Å². The zero-order valence-electron chi connectivity index (χ0n) is 32.9. The van der Waals surface area contributed by atoms with Gasteiger partial charge >= 0.3 is 0 Å². The van der Waals surface area contributed by atoms with Gasteiger partial charge < -0.3 is 15.5 Å². The number of aromatic nitrogens is 1. The Bertz CT molecular complexity index is 1870. The van der Waals surface area contributed by atoms with Crippen LogP contribution in [0.4, 0.5) is 5.69 Å². The van der Waals surface area contributed by atoms with Crippen LogP contribution in [0.15, 0.2) is 194 Å². The summed E-state index contributed by atoms with van der Waals surface area (Å²) in [4.78, 5) is 7.30. The molecule has 288 valence electrons. The Labute approximate surface area is 348 Å². The molecule has 57 heavy (non-hydrogen) atoms. The van der Waals surface area contributed by atoms with Gasteiger partial charge in [0.2, 0.25) is 0 Å². The summed E-state index contributed by atoms with van der Waals surface area (Å²) in [6, 6.07) is 69.9. The number of nitrogens with zero attached hydrogens (tertiary/aromatic N) is 2. The summed E-state index contributed by atoms with van der Waals surface area (Å²) >= 11 is 3.97. The number of thioether (sulfide) groups is 2. The van der Waals surface area contributed by atoms with Crippen LogP contribution in [0, 0.1) is 0 Å². The topological polar surface area (TPSA) is 40.2 Å². The van der Waals surface area contributed by atoms with Crippen LogP contribution in [0.3, 0.4) is 0 Å². The lowest BCUT2D eigenvalue weighted by Crippen LogP contribution is -2.28. The molecular weight excluding hydrogens is 733 g/mol. The minimum atomic E-state index is -0.325. The summed E-state index contributed by atoms with van der Waals surface area (Å²) in [5.74, 6) is 1.85. The van der Waals surface area contributed by atoms with E-state index in [1.807, 2.05) is 23.5 Å². The van der Waals surface area contributed by atoms with Gasteiger partial charge in [-0.2, -0.15) is 0 Å². The molecule has 7 rings (SSSR count). The van der Waals surface area contributed by atoms with Crippen molar-refractivity contribution in [1.29, 1.82) is 0 Å². The summed E-state index contributed by atoms with van der Waals surface area (Å²) < 4.78 is -0.650. The van der Waals surface area contributed by atoms with Gasteiger partial charge in [-0.25, -0.2) is 0 Å². The molecule has 4 nitrogen and oxygen atoms in total. The predicted octanol–water partition coefficient (Wildman–Crippen LogP) is 10.8. The van der Waals surface area contributed by atoms with Gasteiger partial charge in [0, 0.05) is 57.5 Å². The third-order valence-electron chi connectivity index (χ3n) is 10.3. The van der Waals surface area contributed by atoms with E-state index in [4.69, 9.17) is 4.98 Å². The Balaban J connectivity index is 1.01. The molecule has 0 saturated heterocycles. The van der Waals surface area contributed by atoms with Crippen LogP contribution in [0.5, 0.6) is 0 Å². The highest BCUT2D eigenvalue weighted by atomic mass is 32.2. The molecule has 0 spiro atoms. The van der Waals surface area contributed by atoms with E-state index in [0.717, 1.165) is 41.7 Å². The van der Waals surface area contributed by atoms with Gasteiger partial charge in [0.1, 0.15) is 0 Å². The maximum atomic E-state index is 5.13. The molecular formula is C51H52N4S2. The lowest BCUT2D eigenvalue weighted by molar-refractivity contribution is 0.685. The summed E-state index contributed by atoms with van der Waals surface area (Å²) in [5, 5.41) is 7.47. The Morgan fingerprint density at radius 2 is 0.684 bits per heavy atom. The maximum absolute atomic E-state index is 5.13. The first-order valence-corrected chi connectivity index (χ1v) is 21.8. The number of hydrogen-bond acceptors (Lipinski definition) is 6. The first-order chi connectivity index (χ1) is 28.1. The van der Waals surface area contributed by atoms with Crippen molar-refractivity contribution in [3.8, 4) is 0 Å². The minimum absolute atomic E-state index is 0.325. The number of benzene rings is 6. The molecule has 6 aromatic carbocycles. The van der Waals surface area contributed by atoms with E-state index in [1.54, 1.807) is 0 Å². The van der Waals surface area contributed by atoms with E-state index < -0.39 is 0 Å². The minimum Gasteiger partial charge on any atom is -0.378 e. The molecule has 0 radical (unpaired) electrons. The Hall–Kier alpha value is -5.11. The molecule has 0 aliphatic carbocycles. The first kappa shape index (κ1) is 40.1. The zero-order chi connectivity index (χ0) is 39.2. The second-order valence-corrected chi connectivity index (χ2v) is 16.9. The summed E-state index contributed by atoms with van der Waals surface area (Å²) in [7, 11) is 4.20. The van der Waals surface area contributed by atoms with Crippen molar-refractivity contribution in [1.82, 2.24) is 15.6 Å². The molecule has 0 amide bonds. The van der Waals surface area contributed by atoms with Crippen molar-refractivity contribution in [2.45, 2.75) is 22.6 Å². The largest absolute Gasteiger partial charge is 0.378 e. The summed E-state index contributed by atoms with van der Waals surface area (Å²) in [5.41, 5.74) is 11.0. The Morgan fingerprint density at radius 3 is 0.930 bits per heavy atom. The van der Waals surface area contributed by atoms with E-state index in [1.165, 1.54) is 33.4 Å². The number of nitrogens with one attached hydrogen (secondary N) is 2. The third kappa shape index (κ3) is 9.54. The molecule has 2 N–H and O–H groups in total. The van der Waals surface area contributed by atoms with Gasteiger partial charge in [-0.15, -0.1) is 23.5 Å². The molecule has 0 atom stereocenters. The lowest BCUT2D eigenvalue weighted by atomic mass is 9.84. The fourth-order valence-corrected chi connectivity index (χ4v) is 10.5. The van der Waals surface area contributed by atoms with Gasteiger partial charge in [-0.3, -0.25) is 4.98 Å². The smallest absolute Gasteiger partial charge is 0.0907 e. The standard InChI is InChI=1S/C51H52N4S2/c1-55(2)49-37-47(39-52-33-35-56-50(41-21-9-3-10-22-41,42-23-11-4-12-24-42)43-25-13-5-14-26-43)54-48(38-49)40-53-34-36-57-51(44-27-15-6-16-28-44,45-29-17-7-18-30-45)46-31-19-8-20-32-46/h3-32,37-38,52-53H,33-36,39-40H2,1-2H3. The second kappa shape index (κ2) is 19.8. The van der Waals surface area contributed by atoms with Crippen molar-refractivity contribution in [3.63, 3.8) is 0 Å². The maximum Gasteiger partial charge on any atom is 0.0907 e. The average Bonchev–Trinajstić information content (AvgIpc) is 3.28. The van der Waals surface area contributed by atoms with E-state index in [-0.39, 0.29) is 9.49 Å². The molecule has 7 aromatic rings. The van der Waals surface area contributed by atoms with Crippen LogP contribution < -0.4 is 15.5 Å². The van der Waals surface area contributed by atoms with E-state index in [9.17, 15) is 0 Å². The quantitative estimate of drug-likeness (QED) is 0.0629. The summed E-state index contributed by atoms with van der Waals surface area (Å²) in [6.45, 7) is 3.11. The number of anilines is 1. The molecule has 1 heterocycles. The number of hydrogen-bond donors (Lipinski definition) is 2. The van der Waals surface area contributed by atoms with Crippen molar-refractivity contribution < 1.29 is 0 Å². The zero-order valence-corrected chi connectivity index (χ0v) is 34.6. The monoisotopic (exact) mass is 784 g/mol. The molecule has 0 bridgehead atoms. The van der Waals surface area contributed by atoms with Crippen molar-refractivity contribution in [2.24, 2.45) is 0 Å². The van der Waals surface area contributed by atoms with Gasteiger partial charge in [-0.05, 0) is 45.5 Å². The van der Waals surface area contributed by atoms with E-state index in [0.29, 0.717) is 13.1 Å². The van der Waals surface area contributed by atoms with Crippen LogP contribution in [-0.4, -0.2) is 43.7 Å². The lowest BCUT2D eigenvalue weighted by Gasteiger charge is -2.35. The first-order valence-electron chi connectivity index (χ1n) is 19.8. The Morgan fingerprint density at radius 1 is 0.421 bits per heavy atom. The van der Waals surface area contributed by atoms with Crippen molar-refractivity contribution >= 4 is 29.2 Å². The highest BCUT2D eigenvalue weighted by Crippen LogP contribution is 2.49. The molecule has 0 fully saturated rings. The molecule has 0 unspecified atom stereocenters. The van der Waals surface area contributed by atoms with Gasteiger partial charge in [0.05, 0.1) is 20.9 Å². The average molecular weight is 785 g/mol. The highest BCUT2D eigenvalue weighted by molar-refractivity contribution is 8.00. The van der Waals surface area contributed by atoms with Crippen LogP contribution in [0.25, 0.3) is 0 Å². The fourth-order valence-electron chi connectivity index (χ4n) is 7.59. The van der Waals surface area contributed by atoms with Gasteiger partial charge in [0.15, 0.2) is 0 Å². The van der Waals surface area contributed by atoms with Crippen LogP contribution in [-0.2, 0) is 22.6 Å². The Kier molecular flexibility index (Phi) is 14.0. The summed E-state index contributed by atoms with van der Waals surface area (Å²) in [6.07, 6.45) is 0. The second-order valence-electron chi connectivity index (χ2n) is 14.3. The van der Waals surface area contributed by atoms with Crippen LogP contribution >= 0.6 is 23.5 Å². The molecule has 6 heteroatoms. The fraction of sp³-hybridized carbons (Fsp3) is 0.196. The van der Waals surface area contributed by atoms with Gasteiger partial charge in [-0.1, -0.05) is 182 Å². The van der Waals surface area contributed by atoms with E-state index >= 15 is 0 Å². The highest BCUT2D eigenvalue weighted by Gasteiger charge is 2.37.